The number of anilines is 2. The molecule has 0 unspecified atom stereocenters. The Morgan fingerprint density at radius 1 is 1.12 bits per heavy atom. The second-order valence-corrected chi connectivity index (χ2v) is 6.07. The van der Waals surface area contributed by atoms with Crippen molar-refractivity contribution in [2.45, 2.75) is 39.5 Å². The molecule has 0 spiro atoms. The van der Waals surface area contributed by atoms with Crippen LogP contribution in [-0.2, 0) is 12.8 Å². The average Bonchev–Trinajstić information content (AvgIpc) is 3.16. The van der Waals surface area contributed by atoms with E-state index in [-0.39, 0.29) is 5.91 Å². The van der Waals surface area contributed by atoms with Gasteiger partial charge in [0.1, 0.15) is 17.8 Å². The highest BCUT2D eigenvalue weighted by Gasteiger charge is 2.21. The van der Waals surface area contributed by atoms with Gasteiger partial charge in [-0.15, -0.1) is 0 Å². The van der Waals surface area contributed by atoms with Gasteiger partial charge in [-0.05, 0) is 36.8 Å². The van der Waals surface area contributed by atoms with Gasteiger partial charge >= 0.3 is 0 Å². The van der Waals surface area contributed by atoms with Crippen LogP contribution in [-0.4, -0.2) is 33.9 Å². The van der Waals surface area contributed by atoms with Crippen molar-refractivity contribution in [2.75, 3.05) is 18.4 Å². The fourth-order valence-corrected chi connectivity index (χ4v) is 3.16. The molecule has 3 rings (SSSR count). The van der Waals surface area contributed by atoms with E-state index in [0.29, 0.717) is 11.5 Å². The van der Waals surface area contributed by atoms with Crippen LogP contribution in [0.25, 0.3) is 0 Å². The predicted octanol–water partition coefficient (Wildman–Crippen LogP) is 3.58. The lowest BCUT2D eigenvalue weighted by atomic mass is 10.0. The number of nitrogens with zero attached hydrogens (tertiary/aromatic N) is 3. The lowest BCUT2D eigenvalue weighted by Gasteiger charge is -2.17. The molecule has 1 aliphatic rings. The number of hydrogen-bond donors (Lipinski definition) is 1. The summed E-state index contributed by atoms with van der Waals surface area (Å²) in [5.74, 6) is 0.667. The summed E-state index contributed by atoms with van der Waals surface area (Å²) < 4.78 is 0. The van der Waals surface area contributed by atoms with Crippen LogP contribution in [0.4, 0.5) is 11.5 Å². The number of likely N-dealkylation sites (tertiary alicyclic amines) is 1. The van der Waals surface area contributed by atoms with Crippen molar-refractivity contribution in [3.8, 4) is 0 Å². The van der Waals surface area contributed by atoms with Gasteiger partial charge in [-0.2, -0.15) is 0 Å². The first kappa shape index (κ1) is 16.4. The number of aromatic nitrogens is 2. The Balaban J connectivity index is 1.86. The van der Waals surface area contributed by atoms with Gasteiger partial charge in [0, 0.05) is 24.8 Å². The van der Waals surface area contributed by atoms with Crippen LogP contribution in [0.5, 0.6) is 0 Å². The predicted molar refractivity (Wildman–Crippen MR) is 95.7 cm³/mol. The summed E-state index contributed by atoms with van der Waals surface area (Å²) in [6, 6.07) is 8.09. The van der Waals surface area contributed by atoms with E-state index in [1.165, 1.54) is 17.5 Å². The number of amides is 1. The minimum absolute atomic E-state index is 0.00237. The summed E-state index contributed by atoms with van der Waals surface area (Å²) in [4.78, 5) is 22.8. The Bertz CT molecular complexity index is 701. The standard InChI is InChI=1S/C19H24N4O/c1-3-14-8-7-9-15(4-2)18(14)22-17-12-16(20-13-21-17)19(24)23-10-5-6-11-23/h7-9,12-13H,3-6,10-11H2,1-2H3,(H,20,21,22). The van der Waals surface area contributed by atoms with Crippen LogP contribution in [0, 0.1) is 0 Å². The van der Waals surface area contributed by atoms with Gasteiger partial charge in [-0.3, -0.25) is 4.79 Å². The van der Waals surface area contributed by atoms with Crippen LogP contribution in [0.3, 0.4) is 0 Å². The van der Waals surface area contributed by atoms with Crippen molar-refractivity contribution in [3.05, 3.63) is 47.4 Å². The van der Waals surface area contributed by atoms with E-state index < -0.39 is 0 Å². The SMILES string of the molecule is CCc1cccc(CC)c1Nc1cc(C(=O)N2CCCC2)ncn1. The van der Waals surface area contributed by atoms with E-state index in [1.54, 1.807) is 6.07 Å². The lowest BCUT2D eigenvalue weighted by Crippen LogP contribution is -2.28. The highest BCUT2D eigenvalue weighted by atomic mass is 16.2. The molecular formula is C19H24N4O. The molecule has 2 aromatic rings. The minimum atomic E-state index is -0.00237. The molecule has 0 radical (unpaired) electrons. The van der Waals surface area contributed by atoms with Gasteiger partial charge in [-0.1, -0.05) is 32.0 Å². The first-order chi connectivity index (χ1) is 11.7. The fourth-order valence-electron chi connectivity index (χ4n) is 3.16. The highest BCUT2D eigenvalue weighted by Crippen LogP contribution is 2.26. The van der Waals surface area contributed by atoms with Gasteiger partial charge < -0.3 is 10.2 Å². The number of rotatable bonds is 5. The molecular weight excluding hydrogens is 300 g/mol. The number of para-hydroxylation sites is 1. The van der Waals surface area contributed by atoms with Crippen molar-refractivity contribution in [3.63, 3.8) is 0 Å². The summed E-state index contributed by atoms with van der Waals surface area (Å²) in [6.07, 6.45) is 5.50. The number of aryl methyl sites for hydroxylation is 2. The Kier molecular flexibility index (Phi) is 5.08. The van der Waals surface area contributed by atoms with Gasteiger partial charge in [0.2, 0.25) is 0 Å². The molecule has 1 aliphatic heterocycles. The molecule has 1 N–H and O–H groups in total. The Morgan fingerprint density at radius 2 is 1.79 bits per heavy atom. The lowest BCUT2D eigenvalue weighted by molar-refractivity contribution is 0.0787. The van der Waals surface area contributed by atoms with Gasteiger partial charge in [0.25, 0.3) is 5.91 Å². The Morgan fingerprint density at radius 3 is 2.42 bits per heavy atom. The van der Waals surface area contributed by atoms with E-state index in [4.69, 9.17) is 0 Å². The third kappa shape index (κ3) is 3.40. The Labute approximate surface area is 143 Å². The van der Waals surface area contributed by atoms with Crippen LogP contribution in [0.1, 0.15) is 48.3 Å². The van der Waals surface area contributed by atoms with Crippen molar-refractivity contribution in [1.82, 2.24) is 14.9 Å². The van der Waals surface area contributed by atoms with Crippen molar-refractivity contribution < 1.29 is 4.79 Å². The van der Waals surface area contributed by atoms with E-state index in [1.807, 2.05) is 4.90 Å². The van der Waals surface area contributed by atoms with Crippen molar-refractivity contribution in [2.24, 2.45) is 0 Å². The normalized spacial score (nSPS) is 14.0. The smallest absolute Gasteiger partial charge is 0.272 e. The van der Waals surface area contributed by atoms with Crippen LogP contribution in [0.2, 0.25) is 0 Å². The van der Waals surface area contributed by atoms with E-state index in [2.05, 4.69) is 47.3 Å². The molecule has 1 aromatic carbocycles. The van der Waals surface area contributed by atoms with Crippen molar-refractivity contribution in [1.29, 1.82) is 0 Å². The zero-order chi connectivity index (χ0) is 16.9. The number of carbonyl (C=O) groups excluding carboxylic acids is 1. The molecule has 1 amide bonds. The minimum Gasteiger partial charge on any atom is -0.340 e. The molecule has 1 aromatic heterocycles. The maximum absolute atomic E-state index is 12.5. The molecule has 0 saturated carbocycles. The third-order valence-corrected chi connectivity index (χ3v) is 4.53. The first-order valence-corrected chi connectivity index (χ1v) is 8.72. The topological polar surface area (TPSA) is 58.1 Å². The molecule has 24 heavy (non-hydrogen) atoms. The summed E-state index contributed by atoms with van der Waals surface area (Å²) >= 11 is 0. The van der Waals surface area contributed by atoms with Crippen LogP contribution in [0.15, 0.2) is 30.6 Å². The monoisotopic (exact) mass is 324 g/mol. The summed E-state index contributed by atoms with van der Waals surface area (Å²) in [5.41, 5.74) is 4.06. The number of hydrogen-bond acceptors (Lipinski definition) is 4. The molecule has 0 atom stereocenters. The quantitative estimate of drug-likeness (QED) is 0.913. The highest BCUT2D eigenvalue weighted by molar-refractivity contribution is 5.93. The molecule has 0 aliphatic carbocycles. The largest absolute Gasteiger partial charge is 0.340 e. The van der Waals surface area contributed by atoms with Gasteiger partial charge in [0.15, 0.2) is 0 Å². The molecule has 5 heteroatoms. The molecule has 1 fully saturated rings. The molecule has 5 nitrogen and oxygen atoms in total. The Hall–Kier alpha value is -2.43. The van der Waals surface area contributed by atoms with Crippen molar-refractivity contribution >= 4 is 17.4 Å². The number of nitrogens with one attached hydrogen (secondary N) is 1. The second-order valence-electron chi connectivity index (χ2n) is 6.07. The number of benzene rings is 1. The average molecular weight is 324 g/mol. The van der Waals surface area contributed by atoms with Gasteiger partial charge in [0.05, 0.1) is 0 Å². The van der Waals surface area contributed by atoms with E-state index in [0.717, 1.165) is 44.5 Å². The fraction of sp³-hybridized carbons (Fsp3) is 0.421. The van der Waals surface area contributed by atoms with Crippen LogP contribution >= 0.6 is 0 Å². The molecule has 1 saturated heterocycles. The zero-order valence-electron chi connectivity index (χ0n) is 14.4. The number of carbonyl (C=O) groups is 1. The molecule has 2 heterocycles. The summed E-state index contributed by atoms with van der Waals surface area (Å²) in [6.45, 7) is 5.93. The van der Waals surface area contributed by atoms with E-state index in [9.17, 15) is 4.79 Å². The molecule has 126 valence electrons. The van der Waals surface area contributed by atoms with Crippen LogP contribution < -0.4 is 5.32 Å². The maximum Gasteiger partial charge on any atom is 0.272 e. The van der Waals surface area contributed by atoms with E-state index >= 15 is 0 Å². The summed E-state index contributed by atoms with van der Waals surface area (Å²) in [7, 11) is 0. The molecule has 0 bridgehead atoms. The third-order valence-electron chi connectivity index (χ3n) is 4.53. The summed E-state index contributed by atoms with van der Waals surface area (Å²) in [5, 5.41) is 3.41. The first-order valence-electron chi connectivity index (χ1n) is 8.72. The van der Waals surface area contributed by atoms with Gasteiger partial charge in [-0.25, -0.2) is 9.97 Å². The maximum atomic E-state index is 12.5. The zero-order valence-corrected chi connectivity index (χ0v) is 14.4. The second kappa shape index (κ2) is 7.43.